The van der Waals surface area contributed by atoms with Crippen LogP contribution in [0.2, 0.25) is 0 Å². The number of nitrogens with zero attached hydrogens (tertiary/aromatic N) is 2. The molecule has 0 saturated carbocycles. The highest BCUT2D eigenvalue weighted by molar-refractivity contribution is 5.74. The maximum atomic E-state index is 12.0. The molecule has 1 aromatic rings. The van der Waals surface area contributed by atoms with Crippen molar-refractivity contribution < 1.29 is 14.3 Å². The van der Waals surface area contributed by atoms with E-state index in [1.54, 1.807) is 16.9 Å². The van der Waals surface area contributed by atoms with Gasteiger partial charge in [0.2, 0.25) is 6.41 Å². The van der Waals surface area contributed by atoms with Gasteiger partial charge in [-0.1, -0.05) is 12.1 Å². The summed E-state index contributed by atoms with van der Waals surface area (Å²) in [6.07, 6.45) is 0.825. The van der Waals surface area contributed by atoms with Crippen molar-refractivity contribution >= 4 is 12.4 Å². The second-order valence-electron chi connectivity index (χ2n) is 4.64. The van der Waals surface area contributed by atoms with Crippen LogP contribution < -0.4 is 10.1 Å². The van der Waals surface area contributed by atoms with Gasteiger partial charge in [0.25, 0.3) is 0 Å². The lowest BCUT2D eigenvalue weighted by Gasteiger charge is -2.32. The highest BCUT2D eigenvalue weighted by Gasteiger charge is 2.19. The predicted molar refractivity (Wildman–Crippen MR) is 74.4 cm³/mol. The molecule has 1 aliphatic heterocycles. The van der Waals surface area contributed by atoms with Gasteiger partial charge in [-0.25, -0.2) is 4.79 Å². The first kappa shape index (κ1) is 14.2. The molecule has 0 aromatic heterocycles. The van der Waals surface area contributed by atoms with Crippen molar-refractivity contribution in [3.63, 3.8) is 0 Å². The van der Waals surface area contributed by atoms with Crippen LogP contribution in [-0.4, -0.2) is 55.5 Å². The molecule has 1 aliphatic rings. The highest BCUT2D eigenvalue weighted by atomic mass is 16.5. The minimum Gasteiger partial charge on any atom is -0.497 e. The molecule has 0 atom stereocenters. The van der Waals surface area contributed by atoms with Gasteiger partial charge in [0, 0.05) is 32.7 Å². The molecule has 1 heterocycles. The molecule has 20 heavy (non-hydrogen) atoms. The fraction of sp³-hybridized carbons (Fsp3) is 0.429. The lowest BCUT2D eigenvalue weighted by molar-refractivity contribution is -0.119. The van der Waals surface area contributed by atoms with E-state index in [4.69, 9.17) is 4.74 Å². The van der Waals surface area contributed by atoms with E-state index >= 15 is 0 Å². The molecular weight excluding hydrogens is 258 g/mol. The Kier molecular flexibility index (Phi) is 4.81. The van der Waals surface area contributed by atoms with Crippen molar-refractivity contribution in [2.24, 2.45) is 0 Å². The summed E-state index contributed by atoms with van der Waals surface area (Å²) in [6.45, 7) is 2.79. The number of rotatable bonds is 4. The van der Waals surface area contributed by atoms with Gasteiger partial charge in [0.15, 0.2) is 0 Å². The van der Waals surface area contributed by atoms with Crippen LogP contribution in [0, 0.1) is 0 Å². The Morgan fingerprint density at radius 3 is 2.75 bits per heavy atom. The van der Waals surface area contributed by atoms with Crippen LogP contribution in [-0.2, 0) is 11.3 Å². The molecule has 6 heteroatoms. The van der Waals surface area contributed by atoms with E-state index in [0.29, 0.717) is 32.7 Å². The van der Waals surface area contributed by atoms with Crippen molar-refractivity contribution in [1.29, 1.82) is 0 Å². The number of ether oxygens (including phenoxy) is 1. The molecule has 0 radical (unpaired) electrons. The van der Waals surface area contributed by atoms with Crippen LogP contribution in [0.25, 0.3) is 0 Å². The van der Waals surface area contributed by atoms with Crippen LogP contribution in [0.3, 0.4) is 0 Å². The highest BCUT2D eigenvalue weighted by Crippen LogP contribution is 2.12. The van der Waals surface area contributed by atoms with E-state index in [0.717, 1.165) is 17.7 Å². The van der Waals surface area contributed by atoms with Crippen molar-refractivity contribution in [3.05, 3.63) is 29.8 Å². The molecule has 0 aliphatic carbocycles. The number of carbonyl (C=O) groups is 2. The predicted octanol–water partition coefficient (Wildman–Crippen LogP) is 0.679. The van der Waals surface area contributed by atoms with Crippen molar-refractivity contribution in [2.75, 3.05) is 33.3 Å². The summed E-state index contributed by atoms with van der Waals surface area (Å²) in [7, 11) is 1.62. The maximum Gasteiger partial charge on any atom is 0.317 e. The third kappa shape index (κ3) is 3.63. The van der Waals surface area contributed by atoms with Gasteiger partial charge in [0.1, 0.15) is 5.75 Å². The number of carbonyl (C=O) groups excluding carboxylic acids is 2. The molecule has 3 amide bonds. The minimum atomic E-state index is -0.0987. The van der Waals surface area contributed by atoms with Crippen LogP contribution in [0.5, 0.6) is 5.75 Å². The first-order valence-electron chi connectivity index (χ1n) is 6.58. The van der Waals surface area contributed by atoms with Crippen molar-refractivity contribution in [2.45, 2.75) is 6.54 Å². The number of amides is 3. The average Bonchev–Trinajstić information content (AvgIpc) is 2.53. The second kappa shape index (κ2) is 6.79. The molecule has 1 fully saturated rings. The van der Waals surface area contributed by atoms with Crippen molar-refractivity contribution in [1.82, 2.24) is 15.1 Å². The number of hydrogen-bond acceptors (Lipinski definition) is 3. The van der Waals surface area contributed by atoms with Gasteiger partial charge >= 0.3 is 6.03 Å². The van der Waals surface area contributed by atoms with Crippen LogP contribution in [0.15, 0.2) is 24.3 Å². The Morgan fingerprint density at radius 1 is 1.35 bits per heavy atom. The van der Waals surface area contributed by atoms with Crippen molar-refractivity contribution in [3.8, 4) is 5.75 Å². The molecule has 0 unspecified atom stereocenters. The standard InChI is InChI=1S/C14H19N3O3/c1-20-13-4-2-3-12(9-13)10-15-14(19)17-7-5-16(11-18)6-8-17/h2-4,9,11H,5-8,10H2,1H3,(H,15,19). The first-order chi connectivity index (χ1) is 9.72. The van der Waals surface area contributed by atoms with E-state index in [1.165, 1.54) is 0 Å². The van der Waals surface area contributed by atoms with Crippen LogP contribution >= 0.6 is 0 Å². The zero-order valence-corrected chi connectivity index (χ0v) is 11.5. The molecule has 2 rings (SSSR count). The average molecular weight is 277 g/mol. The second-order valence-corrected chi connectivity index (χ2v) is 4.64. The van der Waals surface area contributed by atoms with E-state index in [-0.39, 0.29) is 6.03 Å². The normalized spacial score (nSPS) is 14.8. The van der Waals surface area contributed by atoms with Gasteiger partial charge < -0.3 is 19.9 Å². The summed E-state index contributed by atoms with van der Waals surface area (Å²) >= 11 is 0. The van der Waals surface area contributed by atoms with Gasteiger partial charge in [-0.3, -0.25) is 4.79 Å². The lowest BCUT2D eigenvalue weighted by Crippen LogP contribution is -2.51. The first-order valence-corrected chi connectivity index (χ1v) is 6.58. The Labute approximate surface area is 118 Å². The van der Waals surface area contributed by atoms with Gasteiger partial charge in [0.05, 0.1) is 7.11 Å². The zero-order valence-electron chi connectivity index (χ0n) is 11.5. The van der Waals surface area contributed by atoms with Crippen LogP contribution in [0.4, 0.5) is 4.79 Å². The number of urea groups is 1. The third-order valence-corrected chi connectivity index (χ3v) is 3.33. The number of benzene rings is 1. The van der Waals surface area contributed by atoms with Gasteiger partial charge in [-0.2, -0.15) is 0 Å². The minimum absolute atomic E-state index is 0.0987. The Bertz CT molecular complexity index is 470. The Balaban J connectivity index is 1.81. The number of nitrogens with one attached hydrogen (secondary N) is 1. The summed E-state index contributed by atoms with van der Waals surface area (Å²) in [4.78, 5) is 26.0. The number of hydrogen-bond donors (Lipinski definition) is 1. The molecule has 0 spiro atoms. The molecule has 1 N–H and O–H groups in total. The number of methoxy groups -OCH3 is 1. The summed E-state index contributed by atoms with van der Waals surface area (Å²) in [5, 5.41) is 2.88. The summed E-state index contributed by atoms with van der Waals surface area (Å²) in [5.74, 6) is 0.774. The molecule has 108 valence electrons. The molecular formula is C14H19N3O3. The molecule has 1 saturated heterocycles. The smallest absolute Gasteiger partial charge is 0.317 e. The SMILES string of the molecule is COc1cccc(CNC(=O)N2CCN(C=O)CC2)c1. The molecule has 1 aromatic carbocycles. The van der Waals surface area contributed by atoms with E-state index in [1.807, 2.05) is 24.3 Å². The van der Waals surface area contributed by atoms with Gasteiger partial charge in [-0.05, 0) is 17.7 Å². The zero-order chi connectivity index (χ0) is 14.4. The fourth-order valence-corrected chi connectivity index (χ4v) is 2.10. The Morgan fingerprint density at radius 2 is 2.10 bits per heavy atom. The maximum absolute atomic E-state index is 12.0. The molecule has 0 bridgehead atoms. The fourth-order valence-electron chi connectivity index (χ4n) is 2.10. The third-order valence-electron chi connectivity index (χ3n) is 3.33. The summed E-state index contributed by atoms with van der Waals surface area (Å²) in [5.41, 5.74) is 0.990. The van der Waals surface area contributed by atoms with E-state index < -0.39 is 0 Å². The van der Waals surface area contributed by atoms with Crippen LogP contribution in [0.1, 0.15) is 5.56 Å². The number of piperazine rings is 1. The quantitative estimate of drug-likeness (QED) is 0.823. The van der Waals surface area contributed by atoms with E-state index in [2.05, 4.69) is 5.32 Å². The topological polar surface area (TPSA) is 61.9 Å². The van der Waals surface area contributed by atoms with Gasteiger partial charge in [-0.15, -0.1) is 0 Å². The van der Waals surface area contributed by atoms with E-state index in [9.17, 15) is 9.59 Å². The summed E-state index contributed by atoms with van der Waals surface area (Å²) in [6, 6.07) is 7.49. The summed E-state index contributed by atoms with van der Waals surface area (Å²) < 4.78 is 5.14. The monoisotopic (exact) mass is 277 g/mol. The molecule has 6 nitrogen and oxygen atoms in total. The largest absolute Gasteiger partial charge is 0.497 e. The Hall–Kier alpha value is -2.24. The lowest BCUT2D eigenvalue weighted by atomic mass is 10.2.